The quantitative estimate of drug-likeness (QED) is 0.683. The number of anilines is 2. The second-order valence-corrected chi connectivity index (χ2v) is 6.34. The Balaban J connectivity index is 1.96. The van der Waals surface area contributed by atoms with Crippen molar-refractivity contribution in [3.05, 3.63) is 59.4 Å². The predicted octanol–water partition coefficient (Wildman–Crippen LogP) is 3.27. The fourth-order valence-electron chi connectivity index (χ4n) is 2.25. The van der Waals surface area contributed by atoms with Gasteiger partial charge in [-0.3, -0.25) is 9.59 Å². The number of hydrogen-bond donors (Lipinski definition) is 3. The van der Waals surface area contributed by atoms with E-state index in [2.05, 4.69) is 15.5 Å². The van der Waals surface area contributed by atoms with E-state index < -0.39 is 11.5 Å². The first-order chi connectivity index (χ1) is 12.7. The molecule has 0 aromatic heterocycles. The van der Waals surface area contributed by atoms with Crippen LogP contribution in [0.4, 0.5) is 17.1 Å². The van der Waals surface area contributed by atoms with Crippen LogP contribution in [-0.2, 0) is 9.59 Å². The Labute approximate surface area is 157 Å². The number of nitrogens with one attached hydrogen (secondary N) is 2. The second-order valence-electron chi connectivity index (χ2n) is 6.34. The van der Waals surface area contributed by atoms with Gasteiger partial charge < -0.3 is 20.5 Å². The molecule has 0 spiro atoms. The average molecular weight is 367 g/mol. The first-order valence-corrected chi connectivity index (χ1v) is 8.23. The maximum atomic E-state index is 12.3. The number of benzene rings is 2. The van der Waals surface area contributed by atoms with Crippen molar-refractivity contribution in [3.8, 4) is 5.75 Å². The van der Waals surface area contributed by atoms with Crippen LogP contribution in [0.25, 0.3) is 4.85 Å². The van der Waals surface area contributed by atoms with Crippen LogP contribution in [0.2, 0.25) is 0 Å². The molecule has 7 heteroatoms. The zero-order chi connectivity index (χ0) is 20.0. The lowest BCUT2D eigenvalue weighted by Gasteiger charge is -2.23. The van der Waals surface area contributed by atoms with Crippen molar-refractivity contribution in [1.82, 2.24) is 0 Å². The fraction of sp³-hybridized carbons (Fsp3) is 0.250. The normalized spacial score (nSPS) is 12.4. The van der Waals surface area contributed by atoms with Gasteiger partial charge in [0.05, 0.1) is 6.57 Å². The second kappa shape index (κ2) is 8.34. The minimum atomic E-state index is -1.76. The topological polar surface area (TPSA) is 92.0 Å². The Morgan fingerprint density at radius 1 is 1.15 bits per heavy atom. The molecule has 0 aliphatic heterocycles. The summed E-state index contributed by atoms with van der Waals surface area (Å²) in [7, 11) is 0. The highest BCUT2D eigenvalue weighted by molar-refractivity contribution is 5.97. The Morgan fingerprint density at radius 2 is 1.78 bits per heavy atom. The summed E-state index contributed by atoms with van der Waals surface area (Å²) in [4.78, 5) is 26.7. The van der Waals surface area contributed by atoms with E-state index in [0.29, 0.717) is 22.8 Å². The number of aryl methyl sites for hydroxylation is 1. The van der Waals surface area contributed by atoms with Crippen molar-refractivity contribution >= 4 is 28.9 Å². The van der Waals surface area contributed by atoms with Crippen LogP contribution >= 0.6 is 0 Å². The van der Waals surface area contributed by atoms with Gasteiger partial charge in [0.15, 0.2) is 11.3 Å². The molecule has 0 fully saturated rings. The van der Waals surface area contributed by atoms with Crippen molar-refractivity contribution in [2.24, 2.45) is 0 Å². The molecular weight excluding hydrogens is 346 g/mol. The monoisotopic (exact) mass is 367 g/mol. The number of amides is 2. The molecule has 3 N–H and O–H groups in total. The highest BCUT2D eigenvalue weighted by Crippen LogP contribution is 2.23. The Morgan fingerprint density at radius 3 is 2.33 bits per heavy atom. The van der Waals surface area contributed by atoms with Crippen LogP contribution in [0, 0.1) is 13.5 Å². The zero-order valence-electron chi connectivity index (χ0n) is 15.4. The summed E-state index contributed by atoms with van der Waals surface area (Å²) in [5.74, 6) is -0.343. The Hall–Kier alpha value is -3.37. The summed E-state index contributed by atoms with van der Waals surface area (Å²) in [5, 5.41) is 15.7. The van der Waals surface area contributed by atoms with Gasteiger partial charge in [0.2, 0.25) is 5.91 Å². The van der Waals surface area contributed by atoms with Crippen molar-refractivity contribution in [1.29, 1.82) is 0 Å². The van der Waals surface area contributed by atoms with Crippen LogP contribution < -0.4 is 15.4 Å². The summed E-state index contributed by atoms with van der Waals surface area (Å²) in [6.45, 7) is 11.3. The van der Waals surface area contributed by atoms with Crippen molar-refractivity contribution < 1.29 is 19.4 Å². The van der Waals surface area contributed by atoms with Gasteiger partial charge in [-0.2, -0.15) is 0 Å². The average Bonchev–Trinajstić information content (AvgIpc) is 2.61. The molecule has 0 aliphatic carbocycles. The van der Waals surface area contributed by atoms with Crippen LogP contribution in [-0.4, -0.2) is 29.1 Å². The van der Waals surface area contributed by atoms with E-state index in [1.165, 1.54) is 13.8 Å². The van der Waals surface area contributed by atoms with Crippen LogP contribution in [0.15, 0.2) is 42.5 Å². The summed E-state index contributed by atoms with van der Waals surface area (Å²) in [5.41, 5.74) is 0.592. The molecule has 2 aromatic carbocycles. The number of aliphatic hydroxyl groups is 1. The smallest absolute Gasteiger partial charge is 0.259 e. The zero-order valence-corrected chi connectivity index (χ0v) is 15.4. The number of ether oxygens (including phenoxy) is 1. The third-order valence-corrected chi connectivity index (χ3v) is 3.76. The largest absolute Gasteiger partial charge is 0.490 e. The highest BCUT2D eigenvalue weighted by atomic mass is 16.5. The number of carbonyl (C=O) groups is 2. The minimum absolute atomic E-state index is 0.178. The number of nitrogens with zero attached hydrogens (tertiary/aromatic N) is 1. The fourth-order valence-corrected chi connectivity index (χ4v) is 2.25. The molecule has 0 bridgehead atoms. The first kappa shape index (κ1) is 19.9. The standard InChI is InChI=1S/C20H21N3O4/c1-13-11-16(7-10-18(13)21-4)23-19(25)20(3,26)12-27-17-8-5-15(6-9-17)22-14(2)24/h5-11,26H,12H2,1-3H3,(H,22,24)(H,23,25). The van der Waals surface area contributed by atoms with E-state index in [9.17, 15) is 14.7 Å². The van der Waals surface area contributed by atoms with Crippen molar-refractivity contribution in [2.75, 3.05) is 17.2 Å². The molecule has 27 heavy (non-hydrogen) atoms. The molecule has 0 radical (unpaired) electrons. The lowest BCUT2D eigenvalue weighted by molar-refractivity contribution is -0.135. The van der Waals surface area contributed by atoms with Crippen molar-refractivity contribution in [2.45, 2.75) is 26.4 Å². The molecular formula is C20H21N3O4. The van der Waals surface area contributed by atoms with E-state index in [1.54, 1.807) is 49.4 Å². The van der Waals surface area contributed by atoms with Gasteiger partial charge in [0.25, 0.3) is 5.91 Å². The molecule has 140 valence electrons. The lowest BCUT2D eigenvalue weighted by Crippen LogP contribution is -2.45. The molecule has 0 aliphatic rings. The summed E-state index contributed by atoms with van der Waals surface area (Å²) >= 11 is 0. The first-order valence-electron chi connectivity index (χ1n) is 8.23. The van der Waals surface area contributed by atoms with E-state index >= 15 is 0 Å². The third-order valence-electron chi connectivity index (χ3n) is 3.76. The Bertz CT molecular complexity index is 883. The molecule has 0 saturated carbocycles. The van der Waals surface area contributed by atoms with Crippen molar-refractivity contribution in [3.63, 3.8) is 0 Å². The maximum absolute atomic E-state index is 12.3. The summed E-state index contributed by atoms with van der Waals surface area (Å²) in [6.07, 6.45) is 0. The minimum Gasteiger partial charge on any atom is -0.490 e. The molecule has 0 saturated heterocycles. The highest BCUT2D eigenvalue weighted by Gasteiger charge is 2.31. The van der Waals surface area contributed by atoms with Gasteiger partial charge in [0, 0.05) is 18.3 Å². The van der Waals surface area contributed by atoms with E-state index in [4.69, 9.17) is 11.3 Å². The Kier molecular flexibility index (Phi) is 6.16. The molecule has 7 nitrogen and oxygen atoms in total. The van der Waals surface area contributed by atoms with Crippen LogP contribution in [0.1, 0.15) is 19.4 Å². The predicted molar refractivity (Wildman–Crippen MR) is 103 cm³/mol. The third kappa shape index (κ3) is 5.56. The molecule has 1 unspecified atom stereocenters. The SMILES string of the molecule is [C-]#[N+]c1ccc(NC(=O)C(C)(O)COc2ccc(NC(C)=O)cc2)cc1C. The molecule has 2 amide bonds. The van der Waals surface area contributed by atoms with Gasteiger partial charge in [0.1, 0.15) is 12.4 Å². The van der Waals surface area contributed by atoms with Gasteiger partial charge in [-0.05, 0) is 55.8 Å². The molecule has 0 heterocycles. The summed E-state index contributed by atoms with van der Waals surface area (Å²) in [6, 6.07) is 11.5. The van der Waals surface area contributed by atoms with E-state index in [1.807, 2.05) is 0 Å². The molecule has 2 rings (SSSR count). The molecule has 1 atom stereocenters. The summed E-state index contributed by atoms with van der Waals surface area (Å²) < 4.78 is 5.49. The van der Waals surface area contributed by atoms with E-state index in [-0.39, 0.29) is 12.5 Å². The van der Waals surface area contributed by atoms with Gasteiger partial charge in [-0.25, -0.2) is 4.85 Å². The molecule has 2 aromatic rings. The maximum Gasteiger partial charge on any atom is 0.259 e. The van der Waals surface area contributed by atoms with E-state index in [0.717, 1.165) is 5.56 Å². The van der Waals surface area contributed by atoms with Crippen LogP contribution in [0.5, 0.6) is 5.75 Å². The van der Waals surface area contributed by atoms with Gasteiger partial charge in [-0.1, -0.05) is 6.07 Å². The number of rotatable bonds is 6. The lowest BCUT2D eigenvalue weighted by atomic mass is 10.1. The number of hydrogen-bond acceptors (Lipinski definition) is 4. The van der Waals surface area contributed by atoms with Gasteiger partial charge in [-0.15, -0.1) is 0 Å². The number of carbonyl (C=O) groups excluding carboxylic acids is 2. The van der Waals surface area contributed by atoms with Gasteiger partial charge >= 0.3 is 0 Å². The van der Waals surface area contributed by atoms with Crippen LogP contribution in [0.3, 0.4) is 0 Å².